The molecule has 1 aliphatic carbocycles. The van der Waals surface area contributed by atoms with Crippen molar-refractivity contribution in [3.8, 4) is 11.8 Å². The highest BCUT2D eigenvalue weighted by Gasteiger charge is 2.59. The number of aromatic nitrogens is 5. The number of amides is 1. The maximum atomic E-state index is 13.3. The van der Waals surface area contributed by atoms with Crippen LogP contribution in [0.3, 0.4) is 0 Å². The molecule has 3 aromatic heterocycles. The van der Waals surface area contributed by atoms with Crippen LogP contribution in [0.15, 0.2) is 36.8 Å². The standard InChI is InChI=1S/C29H38N8O2/c1-18-20(17-37(34-18)27-31-9-6-10-32-27)26(38)36-15-21-22(16-36)25(21)39-24-14-19(29(4,5)30)13-23(33-24)35-11-7-28(2,3)8-12-35/h6,9-10,13-14,17,21-22,25H,7-8,11-12,15-16,30H2,1-5H3. The first-order chi connectivity index (χ1) is 18.5. The third-order valence-corrected chi connectivity index (χ3v) is 8.52. The Morgan fingerprint density at radius 2 is 1.77 bits per heavy atom. The van der Waals surface area contributed by atoms with Gasteiger partial charge in [-0.25, -0.2) is 14.6 Å². The number of anilines is 1. The minimum absolute atomic E-state index is 0.0130. The number of piperidine rings is 2. The van der Waals surface area contributed by atoms with Gasteiger partial charge < -0.3 is 20.3 Å². The van der Waals surface area contributed by atoms with Crippen LogP contribution in [0.4, 0.5) is 5.82 Å². The SMILES string of the molecule is Cc1nn(-c2ncccn2)cc1C(=O)N1CC2C(C1)C2Oc1cc(C(C)(C)N)cc(N2CCC(C)(C)CC2)n1. The first-order valence-electron chi connectivity index (χ1n) is 13.8. The van der Waals surface area contributed by atoms with Gasteiger partial charge in [0.2, 0.25) is 11.8 Å². The van der Waals surface area contributed by atoms with Crippen LogP contribution in [0.25, 0.3) is 5.95 Å². The molecule has 1 amide bonds. The number of hydrogen-bond donors (Lipinski definition) is 1. The van der Waals surface area contributed by atoms with E-state index in [1.165, 1.54) is 0 Å². The Labute approximate surface area is 229 Å². The number of carbonyl (C=O) groups excluding carboxylic acids is 1. The fourth-order valence-electron chi connectivity index (χ4n) is 5.73. The van der Waals surface area contributed by atoms with E-state index in [0.29, 0.717) is 53.4 Å². The summed E-state index contributed by atoms with van der Waals surface area (Å²) in [7, 11) is 0. The maximum absolute atomic E-state index is 13.3. The van der Waals surface area contributed by atoms with Gasteiger partial charge >= 0.3 is 0 Å². The van der Waals surface area contributed by atoms with Gasteiger partial charge in [0.25, 0.3) is 5.91 Å². The molecule has 5 heterocycles. The van der Waals surface area contributed by atoms with Gasteiger partial charge in [0.1, 0.15) is 11.9 Å². The second kappa shape index (κ2) is 9.29. The van der Waals surface area contributed by atoms with Crippen molar-refractivity contribution in [2.24, 2.45) is 23.0 Å². The number of nitrogens with two attached hydrogens (primary N) is 1. The summed E-state index contributed by atoms with van der Waals surface area (Å²) in [6.07, 6.45) is 7.36. The molecule has 0 aromatic carbocycles. The summed E-state index contributed by atoms with van der Waals surface area (Å²) in [6, 6.07) is 5.85. The number of carbonyl (C=O) groups is 1. The number of ether oxygens (including phenoxy) is 1. The number of likely N-dealkylation sites (tertiary alicyclic amines) is 1. The Hall–Kier alpha value is -3.53. The van der Waals surface area contributed by atoms with E-state index in [1.54, 1.807) is 29.3 Å². The summed E-state index contributed by atoms with van der Waals surface area (Å²) >= 11 is 0. The Bertz CT molecular complexity index is 1360. The normalized spacial score (nSPS) is 24.0. The Kier molecular flexibility index (Phi) is 6.13. The molecule has 3 aliphatic rings. The van der Waals surface area contributed by atoms with Crippen molar-refractivity contribution in [1.29, 1.82) is 0 Å². The topological polar surface area (TPSA) is 115 Å². The van der Waals surface area contributed by atoms with Crippen LogP contribution < -0.4 is 15.4 Å². The molecule has 2 N–H and O–H groups in total. The Morgan fingerprint density at radius 3 is 2.41 bits per heavy atom. The van der Waals surface area contributed by atoms with Gasteiger partial charge in [-0.05, 0) is 56.7 Å². The fourth-order valence-corrected chi connectivity index (χ4v) is 5.73. The molecule has 206 valence electrons. The van der Waals surface area contributed by atoms with E-state index in [9.17, 15) is 4.79 Å². The zero-order valence-corrected chi connectivity index (χ0v) is 23.5. The average molecular weight is 531 g/mol. The minimum Gasteiger partial charge on any atom is -0.474 e. The van der Waals surface area contributed by atoms with E-state index in [1.807, 2.05) is 31.7 Å². The number of aryl methyl sites for hydroxylation is 1. The van der Waals surface area contributed by atoms with Crippen LogP contribution >= 0.6 is 0 Å². The lowest BCUT2D eigenvalue weighted by Crippen LogP contribution is -2.38. The molecule has 3 aromatic rings. The van der Waals surface area contributed by atoms with Gasteiger partial charge in [0, 0.05) is 68.2 Å². The summed E-state index contributed by atoms with van der Waals surface area (Å²) in [5.74, 6) is 2.60. The molecule has 39 heavy (non-hydrogen) atoms. The second-order valence-electron chi connectivity index (χ2n) is 12.7. The molecule has 2 unspecified atom stereocenters. The van der Waals surface area contributed by atoms with E-state index in [-0.39, 0.29) is 12.0 Å². The summed E-state index contributed by atoms with van der Waals surface area (Å²) < 4.78 is 8.02. The number of hydrogen-bond acceptors (Lipinski definition) is 8. The third-order valence-electron chi connectivity index (χ3n) is 8.52. The van der Waals surface area contributed by atoms with E-state index < -0.39 is 5.54 Å². The average Bonchev–Trinajstić information content (AvgIpc) is 3.21. The van der Waals surface area contributed by atoms with Crippen molar-refractivity contribution in [2.75, 3.05) is 31.1 Å². The summed E-state index contributed by atoms with van der Waals surface area (Å²) in [5.41, 5.74) is 8.63. The lowest BCUT2D eigenvalue weighted by atomic mass is 9.82. The second-order valence-corrected chi connectivity index (χ2v) is 12.7. The molecule has 0 radical (unpaired) electrons. The molecule has 6 rings (SSSR count). The van der Waals surface area contributed by atoms with Gasteiger partial charge in [-0.1, -0.05) is 13.8 Å². The molecule has 10 nitrogen and oxygen atoms in total. The number of pyridine rings is 1. The number of nitrogens with zero attached hydrogens (tertiary/aromatic N) is 7. The zero-order valence-electron chi connectivity index (χ0n) is 23.5. The number of rotatable bonds is 6. The fraction of sp³-hybridized carbons (Fsp3) is 0.552. The predicted octanol–water partition coefficient (Wildman–Crippen LogP) is 3.34. The van der Waals surface area contributed by atoms with Crippen molar-refractivity contribution in [3.05, 3.63) is 53.6 Å². The maximum Gasteiger partial charge on any atom is 0.257 e. The summed E-state index contributed by atoms with van der Waals surface area (Å²) in [5, 5.41) is 4.45. The Balaban J connectivity index is 1.13. The predicted molar refractivity (Wildman–Crippen MR) is 148 cm³/mol. The van der Waals surface area contributed by atoms with Crippen molar-refractivity contribution in [3.63, 3.8) is 0 Å². The van der Waals surface area contributed by atoms with Gasteiger partial charge in [0.15, 0.2) is 0 Å². The van der Waals surface area contributed by atoms with Gasteiger partial charge in [-0.15, -0.1) is 0 Å². The summed E-state index contributed by atoms with van der Waals surface area (Å²) in [4.78, 5) is 30.9. The quantitative estimate of drug-likeness (QED) is 0.516. The van der Waals surface area contributed by atoms with E-state index in [4.69, 9.17) is 15.5 Å². The highest BCUT2D eigenvalue weighted by atomic mass is 16.5. The zero-order chi connectivity index (χ0) is 27.5. The summed E-state index contributed by atoms with van der Waals surface area (Å²) in [6.45, 7) is 13.8. The molecular weight excluding hydrogens is 492 g/mol. The highest BCUT2D eigenvalue weighted by molar-refractivity contribution is 5.95. The van der Waals surface area contributed by atoms with Crippen molar-refractivity contribution in [2.45, 2.75) is 59.1 Å². The highest BCUT2D eigenvalue weighted by Crippen LogP contribution is 2.48. The van der Waals surface area contributed by atoms with E-state index in [2.05, 4.69) is 39.9 Å². The van der Waals surface area contributed by atoms with Crippen LogP contribution in [0.1, 0.15) is 62.2 Å². The van der Waals surface area contributed by atoms with Gasteiger partial charge in [-0.2, -0.15) is 10.1 Å². The molecule has 2 aliphatic heterocycles. The van der Waals surface area contributed by atoms with Gasteiger partial charge in [0.05, 0.1) is 11.3 Å². The largest absolute Gasteiger partial charge is 0.474 e. The van der Waals surface area contributed by atoms with Crippen LogP contribution in [0, 0.1) is 24.2 Å². The van der Waals surface area contributed by atoms with Crippen LogP contribution in [0.2, 0.25) is 0 Å². The molecule has 3 fully saturated rings. The molecule has 2 saturated heterocycles. The molecule has 10 heteroatoms. The van der Waals surface area contributed by atoms with E-state index >= 15 is 0 Å². The minimum atomic E-state index is -0.499. The number of fused-ring (bicyclic) bond motifs is 1. The van der Waals surface area contributed by atoms with Crippen LogP contribution in [-0.4, -0.2) is 67.8 Å². The van der Waals surface area contributed by atoms with Gasteiger partial charge in [-0.3, -0.25) is 4.79 Å². The molecule has 1 saturated carbocycles. The smallest absolute Gasteiger partial charge is 0.257 e. The lowest BCUT2D eigenvalue weighted by molar-refractivity contribution is 0.0751. The molecule has 2 atom stereocenters. The third kappa shape index (κ3) is 5.09. The van der Waals surface area contributed by atoms with Crippen molar-refractivity contribution in [1.82, 2.24) is 29.6 Å². The van der Waals surface area contributed by atoms with Crippen LogP contribution in [-0.2, 0) is 5.54 Å². The first kappa shape index (κ1) is 25.7. The molecule has 0 spiro atoms. The lowest BCUT2D eigenvalue weighted by Gasteiger charge is -2.38. The van der Waals surface area contributed by atoms with E-state index in [0.717, 1.165) is 37.3 Å². The van der Waals surface area contributed by atoms with Crippen molar-refractivity contribution >= 4 is 11.7 Å². The molecule has 0 bridgehead atoms. The first-order valence-corrected chi connectivity index (χ1v) is 13.8. The Morgan fingerprint density at radius 1 is 1.10 bits per heavy atom. The van der Waals surface area contributed by atoms with Crippen LogP contribution in [0.5, 0.6) is 5.88 Å². The monoisotopic (exact) mass is 530 g/mol. The van der Waals surface area contributed by atoms with Crippen molar-refractivity contribution < 1.29 is 9.53 Å². The molecular formula is C29H38N8O2.